The van der Waals surface area contributed by atoms with E-state index in [0.717, 1.165) is 31.5 Å². The number of hydrogen-bond donors (Lipinski definition) is 1. The summed E-state index contributed by atoms with van der Waals surface area (Å²) in [7, 11) is 2.03. The first-order valence-corrected chi connectivity index (χ1v) is 8.19. The van der Waals surface area contributed by atoms with Crippen molar-refractivity contribution in [2.45, 2.75) is 26.2 Å². The topological polar surface area (TPSA) is 45.2 Å². The normalized spacial score (nSPS) is 10.3. The summed E-state index contributed by atoms with van der Waals surface area (Å²) in [6, 6.07) is 12.1. The minimum absolute atomic E-state index is 0.0702. The summed E-state index contributed by atoms with van der Waals surface area (Å²) in [5, 5.41) is 2.96. The molecule has 0 saturated heterocycles. The van der Waals surface area contributed by atoms with Crippen LogP contribution in [0.3, 0.4) is 0 Å². The summed E-state index contributed by atoms with van der Waals surface area (Å²) in [6.45, 7) is 3.76. The molecule has 4 nitrogen and oxygen atoms in total. The van der Waals surface area contributed by atoms with Crippen molar-refractivity contribution in [3.05, 3.63) is 59.9 Å². The van der Waals surface area contributed by atoms with Gasteiger partial charge in [-0.2, -0.15) is 0 Å². The fourth-order valence-corrected chi connectivity index (χ4v) is 2.35. The first-order chi connectivity index (χ1) is 11.2. The number of rotatable bonds is 8. The molecule has 0 bridgehead atoms. The van der Waals surface area contributed by atoms with Crippen LogP contribution < -0.4 is 10.2 Å². The Balaban J connectivity index is 1.89. The highest BCUT2D eigenvalue weighted by molar-refractivity contribution is 5.94. The van der Waals surface area contributed by atoms with Gasteiger partial charge < -0.3 is 10.2 Å². The molecule has 0 unspecified atom stereocenters. The van der Waals surface area contributed by atoms with Gasteiger partial charge in [-0.05, 0) is 24.5 Å². The third-order valence-corrected chi connectivity index (χ3v) is 3.82. The van der Waals surface area contributed by atoms with Gasteiger partial charge in [0.1, 0.15) is 0 Å². The lowest BCUT2D eigenvalue weighted by Gasteiger charge is -2.19. The first-order valence-electron chi connectivity index (χ1n) is 8.19. The molecule has 0 aliphatic heterocycles. The van der Waals surface area contributed by atoms with E-state index in [4.69, 9.17) is 0 Å². The number of carbonyl (C=O) groups excluding carboxylic acids is 1. The lowest BCUT2D eigenvalue weighted by atomic mass is 10.1. The zero-order valence-electron chi connectivity index (χ0n) is 14.0. The molecule has 0 atom stereocenters. The van der Waals surface area contributed by atoms with Crippen molar-refractivity contribution in [1.29, 1.82) is 0 Å². The van der Waals surface area contributed by atoms with Crippen LogP contribution in [0.5, 0.6) is 0 Å². The van der Waals surface area contributed by atoms with Crippen LogP contribution in [0.1, 0.15) is 35.7 Å². The smallest absolute Gasteiger partial charge is 0.252 e. The van der Waals surface area contributed by atoms with Gasteiger partial charge in [-0.25, -0.2) is 0 Å². The predicted octanol–water partition coefficient (Wildman–Crippen LogP) is 3.29. The van der Waals surface area contributed by atoms with Crippen molar-refractivity contribution >= 4 is 11.6 Å². The number of pyridine rings is 1. The molecule has 1 heterocycles. The Hall–Kier alpha value is -2.36. The lowest BCUT2D eigenvalue weighted by molar-refractivity contribution is 0.0954. The van der Waals surface area contributed by atoms with Gasteiger partial charge in [0.15, 0.2) is 0 Å². The van der Waals surface area contributed by atoms with Gasteiger partial charge in [0.2, 0.25) is 0 Å². The molecule has 0 aliphatic rings. The van der Waals surface area contributed by atoms with Crippen LogP contribution in [-0.4, -0.2) is 31.0 Å². The lowest BCUT2D eigenvalue weighted by Crippen LogP contribution is -2.26. The average Bonchev–Trinajstić information content (AvgIpc) is 2.60. The number of amides is 1. The van der Waals surface area contributed by atoms with Crippen molar-refractivity contribution in [2.24, 2.45) is 0 Å². The monoisotopic (exact) mass is 311 g/mol. The molecule has 2 rings (SSSR count). The molecule has 1 N–H and O–H groups in total. The zero-order valence-corrected chi connectivity index (χ0v) is 14.0. The highest BCUT2D eigenvalue weighted by Gasteiger charge is 2.08. The molecular weight excluding hydrogens is 286 g/mol. The van der Waals surface area contributed by atoms with Crippen LogP contribution in [0.15, 0.2) is 48.8 Å². The summed E-state index contributed by atoms with van der Waals surface area (Å²) >= 11 is 0. The van der Waals surface area contributed by atoms with Crippen LogP contribution in [-0.2, 0) is 6.42 Å². The molecule has 0 spiro atoms. The van der Waals surface area contributed by atoms with Crippen LogP contribution in [0.4, 0.5) is 5.69 Å². The number of benzene rings is 1. The molecule has 0 saturated carbocycles. The Bertz CT molecular complexity index is 613. The van der Waals surface area contributed by atoms with Gasteiger partial charge in [-0.1, -0.05) is 43.7 Å². The summed E-state index contributed by atoms with van der Waals surface area (Å²) < 4.78 is 0. The Labute approximate surface area is 138 Å². The highest BCUT2D eigenvalue weighted by Crippen LogP contribution is 2.13. The SMILES string of the molecule is CCCCN(C)c1cncc(C(=O)NCCc2ccccc2)c1. The van der Waals surface area contributed by atoms with E-state index in [1.165, 1.54) is 5.56 Å². The van der Waals surface area contributed by atoms with E-state index in [9.17, 15) is 4.79 Å². The van der Waals surface area contributed by atoms with Gasteiger partial charge in [0.25, 0.3) is 5.91 Å². The molecule has 23 heavy (non-hydrogen) atoms. The van der Waals surface area contributed by atoms with Crippen molar-refractivity contribution in [1.82, 2.24) is 10.3 Å². The summed E-state index contributed by atoms with van der Waals surface area (Å²) in [5.74, 6) is -0.0702. The maximum absolute atomic E-state index is 12.3. The van der Waals surface area contributed by atoms with E-state index in [0.29, 0.717) is 12.1 Å². The first kappa shape index (κ1) is 17.0. The van der Waals surface area contributed by atoms with Gasteiger partial charge in [0, 0.05) is 26.3 Å². The van der Waals surface area contributed by atoms with Crippen LogP contribution in [0.25, 0.3) is 0 Å². The van der Waals surface area contributed by atoms with Crippen molar-refractivity contribution in [3.8, 4) is 0 Å². The second-order valence-corrected chi connectivity index (χ2v) is 5.70. The molecule has 1 aromatic heterocycles. The zero-order chi connectivity index (χ0) is 16.5. The Morgan fingerprint density at radius 3 is 2.74 bits per heavy atom. The number of nitrogens with zero attached hydrogens (tertiary/aromatic N) is 2. The van der Waals surface area contributed by atoms with E-state index >= 15 is 0 Å². The van der Waals surface area contributed by atoms with E-state index in [2.05, 4.69) is 34.3 Å². The average molecular weight is 311 g/mol. The number of nitrogens with one attached hydrogen (secondary N) is 1. The molecule has 0 radical (unpaired) electrons. The fraction of sp³-hybridized carbons (Fsp3) is 0.368. The highest BCUT2D eigenvalue weighted by atomic mass is 16.1. The Kier molecular flexibility index (Phi) is 6.60. The number of hydrogen-bond acceptors (Lipinski definition) is 3. The fourth-order valence-electron chi connectivity index (χ4n) is 2.35. The van der Waals surface area contributed by atoms with Gasteiger partial charge >= 0.3 is 0 Å². The minimum atomic E-state index is -0.0702. The molecule has 122 valence electrons. The van der Waals surface area contributed by atoms with Gasteiger partial charge in [-0.15, -0.1) is 0 Å². The molecule has 1 aromatic carbocycles. The Morgan fingerprint density at radius 2 is 2.00 bits per heavy atom. The van der Waals surface area contributed by atoms with Gasteiger partial charge in [-0.3, -0.25) is 9.78 Å². The second-order valence-electron chi connectivity index (χ2n) is 5.70. The Morgan fingerprint density at radius 1 is 1.22 bits per heavy atom. The minimum Gasteiger partial charge on any atom is -0.373 e. The van der Waals surface area contributed by atoms with Gasteiger partial charge in [0.05, 0.1) is 17.4 Å². The summed E-state index contributed by atoms with van der Waals surface area (Å²) in [5.41, 5.74) is 2.81. The number of unbranched alkanes of at least 4 members (excludes halogenated alkanes) is 1. The molecule has 1 amide bonds. The van der Waals surface area contributed by atoms with E-state index < -0.39 is 0 Å². The number of aromatic nitrogens is 1. The quantitative estimate of drug-likeness (QED) is 0.813. The molecule has 0 aliphatic carbocycles. The molecule has 0 fully saturated rings. The summed E-state index contributed by atoms with van der Waals surface area (Å²) in [6.07, 6.45) is 6.53. The maximum Gasteiger partial charge on any atom is 0.252 e. The van der Waals surface area contributed by atoms with Crippen molar-refractivity contribution in [2.75, 3.05) is 25.0 Å². The van der Waals surface area contributed by atoms with E-state index in [1.807, 2.05) is 31.3 Å². The van der Waals surface area contributed by atoms with E-state index in [1.54, 1.807) is 12.4 Å². The second kappa shape index (κ2) is 8.93. The van der Waals surface area contributed by atoms with Crippen LogP contribution in [0, 0.1) is 0 Å². The maximum atomic E-state index is 12.3. The largest absolute Gasteiger partial charge is 0.373 e. The number of anilines is 1. The third kappa shape index (κ3) is 5.40. The molecule has 2 aromatic rings. The predicted molar refractivity (Wildman–Crippen MR) is 94.9 cm³/mol. The van der Waals surface area contributed by atoms with Crippen LogP contribution >= 0.6 is 0 Å². The van der Waals surface area contributed by atoms with E-state index in [-0.39, 0.29) is 5.91 Å². The van der Waals surface area contributed by atoms with Crippen molar-refractivity contribution < 1.29 is 4.79 Å². The van der Waals surface area contributed by atoms with Crippen molar-refractivity contribution in [3.63, 3.8) is 0 Å². The third-order valence-electron chi connectivity index (χ3n) is 3.82. The standard InChI is InChI=1S/C19H25N3O/c1-3-4-12-22(2)18-13-17(14-20-15-18)19(23)21-11-10-16-8-6-5-7-9-16/h5-9,13-15H,3-4,10-12H2,1-2H3,(H,21,23). The number of carbonyl (C=O) groups is 1. The summed E-state index contributed by atoms with van der Waals surface area (Å²) in [4.78, 5) is 18.6. The molecule has 4 heteroatoms. The van der Waals surface area contributed by atoms with Crippen LogP contribution in [0.2, 0.25) is 0 Å². The molecular formula is C19H25N3O.